The highest BCUT2D eigenvalue weighted by Crippen LogP contribution is 2.32. The van der Waals surface area contributed by atoms with Gasteiger partial charge in [0, 0.05) is 42.0 Å². The molecular weight excluding hydrogens is 594 g/mol. The van der Waals surface area contributed by atoms with Gasteiger partial charge in [-0.25, -0.2) is 19.4 Å². The van der Waals surface area contributed by atoms with Crippen molar-refractivity contribution in [2.75, 3.05) is 16.8 Å². The zero-order chi connectivity index (χ0) is 31.1. The Morgan fingerprint density at radius 2 is 1.80 bits per heavy atom. The van der Waals surface area contributed by atoms with E-state index in [2.05, 4.69) is 20.4 Å². The van der Waals surface area contributed by atoms with Crippen LogP contribution < -0.4 is 10.2 Å². The average Bonchev–Trinajstić information content (AvgIpc) is 3.71. The minimum Gasteiger partial charge on any atom is -0.476 e. The minimum absolute atomic E-state index is 0.127. The van der Waals surface area contributed by atoms with Crippen molar-refractivity contribution in [3.8, 4) is 16.8 Å². The molecule has 3 aromatic carbocycles. The van der Waals surface area contributed by atoms with E-state index in [1.807, 2.05) is 41.3 Å². The van der Waals surface area contributed by atoms with Gasteiger partial charge in [-0.15, -0.1) is 0 Å². The first-order chi connectivity index (χ1) is 21.9. The number of hydrogen-bond acceptors (Lipinski definition) is 9. The summed E-state index contributed by atoms with van der Waals surface area (Å²) in [6.45, 7) is 0.941. The maximum atomic E-state index is 13.4. The lowest BCUT2D eigenvalue weighted by atomic mass is 9.94. The van der Waals surface area contributed by atoms with Crippen LogP contribution in [-0.2, 0) is 13.0 Å². The largest absolute Gasteiger partial charge is 0.476 e. The number of benzene rings is 3. The lowest BCUT2D eigenvalue weighted by molar-refractivity contribution is -0.384. The standard InChI is InChI=1S/C32H23N7O5S/c40-30(36-32-34-24-8-1-4-11-27(24)45-32)22-7-5-6-19-14-15-37(18-23(19)22)28-13-12-21(29(35-28)31(41)42)20-16-33-38(17-20)25-9-2-3-10-26(25)39(43)44/h1-13,16-17H,14-15,18H2,(H,41,42)(H,34,36,40). The average molecular weight is 618 g/mol. The number of carbonyl (C=O) groups excluding carboxylic acids is 1. The number of nitro benzene ring substituents is 1. The van der Waals surface area contributed by atoms with Crippen molar-refractivity contribution in [1.82, 2.24) is 19.7 Å². The maximum Gasteiger partial charge on any atom is 0.355 e. The third-order valence-corrected chi connectivity index (χ3v) is 8.61. The first-order valence-electron chi connectivity index (χ1n) is 13.9. The second-order valence-electron chi connectivity index (χ2n) is 10.3. The van der Waals surface area contributed by atoms with E-state index in [0.29, 0.717) is 47.2 Å². The van der Waals surface area contributed by atoms with Crippen molar-refractivity contribution in [1.29, 1.82) is 0 Å². The topological polar surface area (TPSA) is 156 Å². The molecule has 0 atom stereocenters. The summed E-state index contributed by atoms with van der Waals surface area (Å²) in [7, 11) is 0. The minimum atomic E-state index is -1.22. The SMILES string of the molecule is O=C(Nc1nc2ccccc2s1)c1cccc2c1CN(c1ccc(-c3cnn(-c4ccccc4[N+](=O)[O-])c3)c(C(=O)O)n1)CC2. The van der Waals surface area contributed by atoms with Gasteiger partial charge in [-0.3, -0.25) is 20.2 Å². The van der Waals surface area contributed by atoms with Crippen LogP contribution in [0.15, 0.2) is 91.3 Å². The van der Waals surface area contributed by atoms with E-state index in [1.165, 1.54) is 28.3 Å². The van der Waals surface area contributed by atoms with Gasteiger partial charge in [0.25, 0.3) is 11.6 Å². The molecule has 0 bridgehead atoms. The molecular formula is C32H23N7O5S. The molecule has 1 aliphatic heterocycles. The van der Waals surface area contributed by atoms with Gasteiger partial charge < -0.3 is 10.0 Å². The van der Waals surface area contributed by atoms with E-state index in [-0.39, 0.29) is 23.0 Å². The summed E-state index contributed by atoms with van der Waals surface area (Å²) in [5.41, 5.74) is 3.94. The van der Waals surface area contributed by atoms with Gasteiger partial charge in [-0.1, -0.05) is 47.7 Å². The number of rotatable bonds is 7. The Morgan fingerprint density at radius 1 is 0.978 bits per heavy atom. The number of carboxylic acid groups (broad SMARTS) is 1. The molecule has 0 unspecified atom stereocenters. The van der Waals surface area contributed by atoms with Gasteiger partial charge in [-0.05, 0) is 53.9 Å². The number of nitrogens with zero attached hydrogens (tertiary/aromatic N) is 6. The molecule has 0 radical (unpaired) electrons. The van der Waals surface area contributed by atoms with Gasteiger partial charge in [0.05, 0.1) is 21.3 Å². The van der Waals surface area contributed by atoms with Gasteiger partial charge >= 0.3 is 5.97 Å². The van der Waals surface area contributed by atoms with Crippen LogP contribution in [-0.4, -0.2) is 48.2 Å². The predicted molar refractivity (Wildman–Crippen MR) is 169 cm³/mol. The number of pyridine rings is 1. The molecule has 13 heteroatoms. The van der Waals surface area contributed by atoms with Gasteiger partial charge in [0.15, 0.2) is 10.8 Å². The highest BCUT2D eigenvalue weighted by atomic mass is 32.1. The molecule has 45 heavy (non-hydrogen) atoms. The van der Waals surface area contributed by atoms with Crippen LogP contribution in [0.2, 0.25) is 0 Å². The van der Waals surface area contributed by atoms with Crippen LogP contribution in [0.25, 0.3) is 27.0 Å². The summed E-state index contributed by atoms with van der Waals surface area (Å²) < 4.78 is 2.32. The summed E-state index contributed by atoms with van der Waals surface area (Å²) in [4.78, 5) is 47.8. The van der Waals surface area contributed by atoms with Crippen LogP contribution in [0.3, 0.4) is 0 Å². The Balaban J connectivity index is 1.16. The highest BCUT2D eigenvalue weighted by molar-refractivity contribution is 7.22. The fraction of sp³-hybridized carbons (Fsp3) is 0.0938. The third-order valence-electron chi connectivity index (χ3n) is 7.66. The summed E-state index contributed by atoms with van der Waals surface area (Å²) in [5.74, 6) is -1.04. The first kappa shape index (κ1) is 27.9. The number of nitrogens with one attached hydrogen (secondary N) is 1. The quantitative estimate of drug-likeness (QED) is 0.163. The number of carboxylic acids is 1. The van der Waals surface area contributed by atoms with Gasteiger partial charge in [-0.2, -0.15) is 5.10 Å². The van der Waals surface area contributed by atoms with Crippen LogP contribution in [0.4, 0.5) is 16.6 Å². The Bertz CT molecular complexity index is 2110. The number of para-hydroxylation sites is 3. The number of hydrogen-bond donors (Lipinski definition) is 2. The van der Waals surface area contributed by atoms with Crippen LogP contribution >= 0.6 is 11.3 Å². The number of aromatic nitrogens is 4. The Hall–Kier alpha value is -5.95. The third kappa shape index (κ3) is 5.25. The van der Waals surface area contributed by atoms with E-state index in [4.69, 9.17) is 0 Å². The fourth-order valence-electron chi connectivity index (χ4n) is 5.51. The molecule has 7 rings (SSSR count). The second-order valence-corrected chi connectivity index (χ2v) is 11.4. The molecule has 1 aliphatic rings. The molecule has 0 aliphatic carbocycles. The summed E-state index contributed by atoms with van der Waals surface area (Å²) >= 11 is 1.41. The zero-order valence-electron chi connectivity index (χ0n) is 23.5. The van der Waals surface area contributed by atoms with Crippen molar-refractivity contribution in [3.63, 3.8) is 0 Å². The number of carbonyl (C=O) groups is 2. The number of fused-ring (bicyclic) bond motifs is 2. The lowest BCUT2D eigenvalue weighted by Gasteiger charge is -2.31. The molecule has 4 heterocycles. The van der Waals surface area contributed by atoms with Crippen LogP contribution in [0, 0.1) is 10.1 Å². The van der Waals surface area contributed by atoms with E-state index in [9.17, 15) is 24.8 Å². The Morgan fingerprint density at radius 3 is 2.62 bits per heavy atom. The number of anilines is 2. The maximum absolute atomic E-state index is 13.4. The number of nitro groups is 1. The molecule has 222 valence electrons. The predicted octanol–water partition coefficient (Wildman–Crippen LogP) is 5.97. The highest BCUT2D eigenvalue weighted by Gasteiger charge is 2.25. The molecule has 1 amide bonds. The van der Waals surface area contributed by atoms with E-state index in [0.717, 1.165) is 21.3 Å². The molecule has 0 spiro atoms. The molecule has 0 saturated carbocycles. The molecule has 6 aromatic rings. The number of amides is 1. The van der Waals surface area contributed by atoms with Gasteiger partial charge in [0.1, 0.15) is 11.5 Å². The summed E-state index contributed by atoms with van der Waals surface area (Å²) in [6.07, 6.45) is 3.64. The smallest absolute Gasteiger partial charge is 0.355 e. The Labute approximate surface area is 259 Å². The van der Waals surface area contributed by atoms with E-state index in [1.54, 1.807) is 42.6 Å². The lowest BCUT2D eigenvalue weighted by Crippen LogP contribution is -2.33. The molecule has 0 saturated heterocycles. The van der Waals surface area contributed by atoms with E-state index >= 15 is 0 Å². The second kappa shape index (κ2) is 11.3. The van der Waals surface area contributed by atoms with Crippen molar-refractivity contribution in [3.05, 3.63) is 124 Å². The molecule has 12 nitrogen and oxygen atoms in total. The van der Waals surface area contributed by atoms with E-state index < -0.39 is 10.9 Å². The zero-order valence-corrected chi connectivity index (χ0v) is 24.3. The molecule has 0 fully saturated rings. The molecule has 2 N–H and O–H groups in total. The number of aromatic carboxylic acids is 1. The normalized spacial score (nSPS) is 12.6. The van der Waals surface area contributed by atoms with Crippen molar-refractivity contribution >= 4 is 50.1 Å². The van der Waals surface area contributed by atoms with Crippen LogP contribution in [0.1, 0.15) is 32.0 Å². The van der Waals surface area contributed by atoms with Crippen molar-refractivity contribution in [2.24, 2.45) is 0 Å². The van der Waals surface area contributed by atoms with Gasteiger partial charge in [0.2, 0.25) is 0 Å². The van der Waals surface area contributed by atoms with Crippen LogP contribution in [0.5, 0.6) is 0 Å². The monoisotopic (exact) mass is 617 g/mol. The van der Waals surface area contributed by atoms with Crippen molar-refractivity contribution < 1.29 is 19.6 Å². The number of thiazole rings is 1. The van der Waals surface area contributed by atoms with Crippen molar-refractivity contribution in [2.45, 2.75) is 13.0 Å². The summed E-state index contributed by atoms with van der Waals surface area (Å²) in [6, 6.07) is 22.9. The first-order valence-corrected chi connectivity index (χ1v) is 14.7. The summed E-state index contributed by atoms with van der Waals surface area (Å²) in [5, 5.41) is 29.3. The molecule has 3 aromatic heterocycles. The Kier molecular flexibility index (Phi) is 6.98. The fourth-order valence-corrected chi connectivity index (χ4v) is 6.37.